The van der Waals surface area contributed by atoms with Crippen molar-refractivity contribution in [2.24, 2.45) is 17.8 Å². The molecule has 194 valence electrons. The molecule has 2 saturated heterocycles. The highest BCUT2D eigenvalue weighted by molar-refractivity contribution is 5.89. The summed E-state index contributed by atoms with van der Waals surface area (Å²) in [4.78, 5) is 50.0. The quantitative estimate of drug-likeness (QED) is 0.476. The summed E-state index contributed by atoms with van der Waals surface area (Å²) < 4.78 is 5.43. The summed E-state index contributed by atoms with van der Waals surface area (Å²) >= 11 is 0. The van der Waals surface area contributed by atoms with Crippen molar-refractivity contribution in [3.63, 3.8) is 0 Å². The van der Waals surface area contributed by atoms with Crippen molar-refractivity contribution < 1.29 is 29.0 Å². The van der Waals surface area contributed by atoms with E-state index in [4.69, 9.17) is 9.84 Å². The van der Waals surface area contributed by atoms with E-state index in [9.17, 15) is 19.2 Å². The van der Waals surface area contributed by atoms with Crippen LogP contribution in [0.15, 0.2) is 30.3 Å². The van der Waals surface area contributed by atoms with Gasteiger partial charge in [0.2, 0.25) is 11.8 Å². The number of hydrogen-bond acceptors (Lipinski definition) is 5. The number of carbonyl (C=O) groups excluding carboxylic acids is 3. The molecule has 0 saturated carbocycles. The second-order valence-corrected chi connectivity index (χ2v) is 9.28. The van der Waals surface area contributed by atoms with E-state index in [1.807, 2.05) is 42.2 Å². The normalized spacial score (nSPS) is 21.6. The standard InChI is InChI=1S/C18H25NO3.C9H15NO3/c1-3-5-11-19-12-16(15(4-2)17(19)20)18(21)22-13-14-9-7-6-8-10-14;1-2-3-4-10-6-7(9(12)13)5-8(10)11/h6-10,15-16H,3-5,11-13H2,1-2H3;7H,2-6H2,1H3,(H,12,13). The number of aliphatic carboxylic acids is 1. The van der Waals surface area contributed by atoms with Crippen LogP contribution in [0, 0.1) is 17.8 Å². The van der Waals surface area contributed by atoms with Crippen LogP contribution in [0.4, 0.5) is 0 Å². The Kier molecular flexibility index (Phi) is 11.7. The molecular formula is C27H40N2O6. The Morgan fingerprint density at radius 2 is 1.60 bits per heavy atom. The number of benzene rings is 1. The van der Waals surface area contributed by atoms with Gasteiger partial charge in [-0.15, -0.1) is 0 Å². The zero-order chi connectivity index (χ0) is 25.8. The maximum Gasteiger partial charge on any atom is 0.311 e. The molecule has 3 atom stereocenters. The molecule has 3 rings (SSSR count). The van der Waals surface area contributed by atoms with E-state index < -0.39 is 11.9 Å². The lowest BCUT2D eigenvalue weighted by Crippen LogP contribution is -2.28. The summed E-state index contributed by atoms with van der Waals surface area (Å²) in [5, 5.41) is 8.70. The first-order chi connectivity index (χ1) is 16.8. The molecule has 0 spiro atoms. The molecule has 8 nitrogen and oxygen atoms in total. The lowest BCUT2D eigenvalue weighted by molar-refractivity contribution is -0.151. The Balaban J connectivity index is 0.000000283. The number of ether oxygens (including phenoxy) is 1. The van der Waals surface area contributed by atoms with E-state index >= 15 is 0 Å². The van der Waals surface area contributed by atoms with Gasteiger partial charge in [-0.2, -0.15) is 0 Å². The molecule has 3 unspecified atom stereocenters. The van der Waals surface area contributed by atoms with Crippen molar-refractivity contribution in [1.82, 2.24) is 9.80 Å². The molecule has 1 aromatic rings. The monoisotopic (exact) mass is 488 g/mol. The minimum absolute atomic E-state index is 0.0131. The summed E-state index contributed by atoms with van der Waals surface area (Å²) in [6.07, 6.45) is 4.88. The maximum absolute atomic E-state index is 12.4. The van der Waals surface area contributed by atoms with Crippen LogP contribution in [0.2, 0.25) is 0 Å². The Hall–Kier alpha value is -2.90. The van der Waals surface area contributed by atoms with Crippen LogP contribution in [0.25, 0.3) is 0 Å². The van der Waals surface area contributed by atoms with Crippen molar-refractivity contribution in [1.29, 1.82) is 0 Å². The van der Waals surface area contributed by atoms with Crippen molar-refractivity contribution in [2.75, 3.05) is 26.2 Å². The van der Waals surface area contributed by atoms with Crippen LogP contribution in [0.5, 0.6) is 0 Å². The number of rotatable bonds is 11. The molecule has 2 heterocycles. The number of hydrogen-bond donors (Lipinski definition) is 1. The number of esters is 1. The fourth-order valence-corrected chi connectivity index (χ4v) is 4.45. The third-order valence-electron chi connectivity index (χ3n) is 6.63. The van der Waals surface area contributed by atoms with Crippen LogP contribution >= 0.6 is 0 Å². The Morgan fingerprint density at radius 3 is 2.14 bits per heavy atom. The predicted molar refractivity (Wildman–Crippen MR) is 132 cm³/mol. The number of carbonyl (C=O) groups is 4. The zero-order valence-electron chi connectivity index (χ0n) is 21.3. The van der Waals surface area contributed by atoms with Crippen molar-refractivity contribution in [2.45, 2.75) is 65.9 Å². The van der Waals surface area contributed by atoms with Crippen LogP contribution in [0.1, 0.15) is 64.9 Å². The second-order valence-electron chi connectivity index (χ2n) is 9.28. The number of nitrogens with zero attached hydrogens (tertiary/aromatic N) is 2. The minimum Gasteiger partial charge on any atom is -0.481 e. The Bertz CT molecular complexity index is 843. The number of carboxylic acid groups (broad SMARTS) is 1. The maximum atomic E-state index is 12.4. The van der Waals surface area contributed by atoms with Gasteiger partial charge in [0.25, 0.3) is 0 Å². The average molecular weight is 489 g/mol. The van der Waals surface area contributed by atoms with Gasteiger partial charge in [-0.05, 0) is 24.8 Å². The van der Waals surface area contributed by atoms with E-state index in [-0.39, 0.29) is 42.6 Å². The molecule has 0 bridgehead atoms. The number of unbranched alkanes of at least 4 members (excludes halogenated alkanes) is 2. The second kappa shape index (κ2) is 14.5. The van der Waals surface area contributed by atoms with Crippen LogP contribution in [-0.4, -0.2) is 64.8 Å². The third-order valence-corrected chi connectivity index (χ3v) is 6.63. The van der Waals surface area contributed by atoms with E-state index in [1.165, 1.54) is 0 Å². The molecule has 1 N–H and O–H groups in total. The van der Waals surface area contributed by atoms with Gasteiger partial charge in [0, 0.05) is 32.6 Å². The van der Waals surface area contributed by atoms with Gasteiger partial charge >= 0.3 is 11.9 Å². The molecule has 2 aliphatic heterocycles. The van der Waals surface area contributed by atoms with Crippen LogP contribution in [0.3, 0.4) is 0 Å². The third kappa shape index (κ3) is 8.37. The highest BCUT2D eigenvalue weighted by Gasteiger charge is 2.43. The van der Waals surface area contributed by atoms with Crippen LogP contribution in [-0.2, 0) is 30.5 Å². The van der Waals surface area contributed by atoms with Gasteiger partial charge in [0.05, 0.1) is 17.8 Å². The number of carboxylic acids is 1. The molecule has 2 amide bonds. The van der Waals surface area contributed by atoms with Gasteiger partial charge in [-0.1, -0.05) is 63.9 Å². The van der Waals surface area contributed by atoms with Gasteiger partial charge in [0.1, 0.15) is 6.61 Å². The van der Waals surface area contributed by atoms with Crippen molar-refractivity contribution in [3.05, 3.63) is 35.9 Å². The first-order valence-electron chi connectivity index (χ1n) is 12.8. The SMILES string of the molecule is CCCCN1CC(C(=O)O)CC1=O.CCCCN1CC(C(=O)OCc2ccccc2)C(CC)C1=O. The topological polar surface area (TPSA) is 104 Å². The van der Waals surface area contributed by atoms with E-state index in [1.54, 1.807) is 4.90 Å². The zero-order valence-corrected chi connectivity index (χ0v) is 21.3. The number of amides is 2. The molecular weight excluding hydrogens is 448 g/mol. The van der Waals surface area contributed by atoms with Gasteiger partial charge in [-0.25, -0.2) is 0 Å². The van der Waals surface area contributed by atoms with Gasteiger partial charge < -0.3 is 19.6 Å². The van der Waals surface area contributed by atoms with Crippen molar-refractivity contribution >= 4 is 23.8 Å². The minimum atomic E-state index is -0.854. The summed E-state index contributed by atoms with van der Waals surface area (Å²) in [5.74, 6) is -2.03. The summed E-state index contributed by atoms with van der Waals surface area (Å²) in [6, 6.07) is 9.63. The largest absolute Gasteiger partial charge is 0.481 e. The van der Waals surface area contributed by atoms with Crippen LogP contribution < -0.4 is 0 Å². The molecule has 2 fully saturated rings. The fraction of sp³-hybridized carbons (Fsp3) is 0.630. The number of likely N-dealkylation sites (tertiary alicyclic amines) is 2. The highest BCUT2D eigenvalue weighted by Crippen LogP contribution is 2.29. The Labute approximate surface area is 208 Å². The first kappa shape index (κ1) is 28.3. The van der Waals surface area contributed by atoms with Crippen molar-refractivity contribution in [3.8, 4) is 0 Å². The van der Waals surface area contributed by atoms with E-state index in [2.05, 4.69) is 13.8 Å². The summed E-state index contributed by atoms with van der Waals surface area (Å²) in [6.45, 7) is 8.74. The lowest BCUT2D eigenvalue weighted by atomic mass is 9.93. The average Bonchev–Trinajstić information content (AvgIpc) is 3.40. The molecule has 2 aliphatic rings. The predicted octanol–water partition coefficient (Wildman–Crippen LogP) is 3.73. The lowest BCUT2D eigenvalue weighted by Gasteiger charge is -2.15. The van der Waals surface area contributed by atoms with Gasteiger partial charge in [0.15, 0.2) is 0 Å². The molecule has 35 heavy (non-hydrogen) atoms. The van der Waals surface area contributed by atoms with E-state index in [0.29, 0.717) is 26.1 Å². The summed E-state index contributed by atoms with van der Waals surface area (Å²) in [5.41, 5.74) is 0.969. The van der Waals surface area contributed by atoms with Gasteiger partial charge in [-0.3, -0.25) is 19.2 Å². The smallest absolute Gasteiger partial charge is 0.311 e. The highest BCUT2D eigenvalue weighted by atomic mass is 16.5. The fourth-order valence-electron chi connectivity index (χ4n) is 4.45. The molecule has 0 aromatic heterocycles. The van der Waals surface area contributed by atoms with E-state index in [0.717, 1.165) is 37.8 Å². The molecule has 8 heteroatoms. The molecule has 0 aliphatic carbocycles. The molecule has 1 aromatic carbocycles. The Morgan fingerprint density at radius 1 is 0.971 bits per heavy atom. The molecule has 0 radical (unpaired) electrons. The summed E-state index contributed by atoms with van der Waals surface area (Å²) in [7, 11) is 0. The first-order valence-corrected chi connectivity index (χ1v) is 12.8.